The Bertz CT molecular complexity index is 3290. The standard InChI is InChI=1S/C79H125N11O16S/c1-18-50(8)71(88(14)75(99)58(47(2)3)41-61(92)70(49(6)7)87(12)13)62(104-16)42-66(95)89-39-23-25-59(89)72(105-17)51(9)73(97)83-52(10)69(54-29-33-57(103-15)34-30-54)86-78(102)106-45-53-27-31-56(32-28-53)84-74(98)55(24-22-37-82-77(80)101)40-60(91)68(48(4)5)85-64(93)26-20-19-21-38-90-67(96)43-63(76(90)100)107-46-79(35-36-79)44-65(94)81-11/h27-34,47-52,55,58-59,62-63,68-72H,18-26,35-46H2,1-17H3,(H,81,94)(H,83,97)(H,84,98)(H,85,93)(H,86,102)(H3,80,82,101)/t50-,51+,52+,55+,58-,59-,62+,63?,68-,69?,70-,71-,72+/m0/s1. The number of carbonyl (C=O) groups is 12. The maximum atomic E-state index is 14.7. The second kappa shape index (κ2) is 43.5. The third kappa shape index (κ3) is 26.8. The highest BCUT2D eigenvalue weighted by atomic mass is 32.2. The molecule has 1 saturated carbocycles. The summed E-state index contributed by atoms with van der Waals surface area (Å²) in [5.74, 6) is -3.95. The summed E-state index contributed by atoms with van der Waals surface area (Å²) in [6.07, 6.45) is 3.97. The molecule has 0 spiro atoms. The molecule has 0 radical (unpaired) electrons. The summed E-state index contributed by atoms with van der Waals surface area (Å²) in [5.41, 5.74) is 6.76. The van der Waals surface area contributed by atoms with Gasteiger partial charge in [0.05, 0.1) is 73.2 Å². The second-order valence-electron chi connectivity index (χ2n) is 30.9. The van der Waals surface area contributed by atoms with Crippen LogP contribution in [0.2, 0.25) is 0 Å². The molecule has 2 heterocycles. The number of rotatable bonds is 47. The lowest BCUT2D eigenvalue weighted by molar-refractivity contribution is -0.149. The van der Waals surface area contributed by atoms with Crippen molar-refractivity contribution in [3.05, 3.63) is 59.7 Å². The van der Waals surface area contributed by atoms with Gasteiger partial charge in [-0.3, -0.25) is 57.7 Å². The lowest BCUT2D eigenvalue weighted by atomic mass is 9.83. The van der Waals surface area contributed by atoms with Crippen molar-refractivity contribution < 1.29 is 76.5 Å². The number of alkyl carbamates (subject to hydrolysis) is 1. The largest absolute Gasteiger partial charge is 0.497 e. The minimum Gasteiger partial charge on any atom is -0.497 e. The zero-order valence-corrected chi connectivity index (χ0v) is 67.3. The molecule has 13 atom stereocenters. The van der Waals surface area contributed by atoms with E-state index in [0.717, 1.165) is 12.8 Å². The fourth-order valence-corrected chi connectivity index (χ4v) is 16.4. The highest BCUT2D eigenvalue weighted by Gasteiger charge is 2.48. The van der Waals surface area contributed by atoms with Crippen LogP contribution in [0.3, 0.4) is 0 Å². The van der Waals surface area contributed by atoms with E-state index < -0.39 is 83.5 Å². The van der Waals surface area contributed by atoms with Gasteiger partial charge in [0, 0.05) is 103 Å². The number of unbranched alkanes of at least 4 members (excludes halogenated alkanes) is 2. The van der Waals surface area contributed by atoms with Crippen molar-refractivity contribution in [1.82, 2.24) is 46.2 Å². The predicted octanol–water partition coefficient (Wildman–Crippen LogP) is 8.35. The Morgan fingerprint density at radius 2 is 1.42 bits per heavy atom. The number of Topliss-reactive ketones (excluding diaryl/α,β-unsaturated/α-hetero) is 2. The molecule has 2 aliphatic heterocycles. The summed E-state index contributed by atoms with van der Waals surface area (Å²) in [6, 6.07) is 9.04. The maximum Gasteiger partial charge on any atom is 0.408 e. The molecule has 8 N–H and O–H groups in total. The zero-order valence-electron chi connectivity index (χ0n) is 66.5. The number of nitrogens with two attached hydrogens (primary N) is 1. The van der Waals surface area contributed by atoms with E-state index in [1.54, 1.807) is 107 Å². The summed E-state index contributed by atoms with van der Waals surface area (Å²) >= 11 is 1.45. The lowest BCUT2D eigenvalue weighted by Gasteiger charge is -2.41. The molecule has 0 bridgehead atoms. The number of hydrogen-bond donors (Lipinski definition) is 7. The molecule has 28 heteroatoms. The lowest BCUT2D eigenvalue weighted by Crippen LogP contribution is -2.55. The molecule has 2 aromatic rings. The molecule has 2 aromatic carbocycles. The molecule has 0 aromatic heterocycles. The molecule has 27 nitrogen and oxygen atoms in total. The highest BCUT2D eigenvalue weighted by molar-refractivity contribution is 8.00. The molecule has 11 amide bonds. The molecule has 1 aliphatic carbocycles. The van der Waals surface area contributed by atoms with Crippen molar-refractivity contribution in [1.29, 1.82) is 0 Å². The molecule has 3 fully saturated rings. The number of hydrogen-bond acceptors (Lipinski definition) is 18. The Morgan fingerprint density at radius 1 is 0.748 bits per heavy atom. The van der Waals surface area contributed by atoms with E-state index in [4.69, 9.17) is 24.7 Å². The Hall–Kier alpha value is -7.69. The molecular formula is C79H125N11O16S. The number of imide groups is 1. The first-order valence-corrected chi connectivity index (χ1v) is 39.3. The smallest absolute Gasteiger partial charge is 0.408 e. The van der Waals surface area contributed by atoms with Crippen molar-refractivity contribution >= 4 is 88.4 Å². The molecule has 598 valence electrons. The van der Waals surface area contributed by atoms with Gasteiger partial charge in [0.15, 0.2) is 11.6 Å². The number of ether oxygens (including phenoxy) is 4. The summed E-state index contributed by atoms with van der Waals surface area (Å²) in [4.78, 5) is 169. The van der Waals surface area contributed by atoms with Crippen LogP contribution in [0.25, 0.3) is 0 Å². The third-order valence-electron chi connectivity index (χ3n) is 21.6. The number of likely N-dealkylation sites (N-methyl/N-ethyl adjacent to an activating group) is 2. The number of thioether (sulfide) groups is 1. The first kappa shape index (κ1) is 89.9. The van der Waals surface area contributed by atoms with Crippen molar-refractivity contribution in [2.45, 2.75) is 232 Å². The van der Waals surface area contributed by atoms with Crippen molar-refractivity contribution in [3.8, 4) is 5.75 Å². The summed E-state index contributed by atoms with van der Waals surface area (Å²) in [7, 11) is 11.7. The average molecular weight is 1520 g/mol. The van der Waals surface area contributed by atoms with Gasteiger partial charge < -0.3 is 66.4 Å². The van der Waals surface area contributed by atoms with E-state index in [0.29, 0.717) is 86.2 Å². The average Bonchev–Trinajstić information content (AvgIpc) is 1.34. The first-order valence-electron chi connectivity index (χ1n) is 38.2. The number of urea groups is 1. The number of carbonyl (C=O) groups excluding carboxylic acids is 12. The number of benzene rings is 2. The number of methoxy groups -OCH3 is 3. The summed E-state index contributed by atoms with van der Waals surface area (Å²) < 4.78 is 23.4. The minimum absolute atomic E-state index is 0.00620. The van der Waals surface area contributed by atoms with Crippen LogP contribution in [0.4, 0.5) is 15.3 Å². The quantitative estimate of drug-likeness (QED) is 0.0242. The van der Waals surface area contributed by atoms with Gasteiger partial charge in [-0.15, -0.1) is 11.8 Å². The van der Waals surface area contributed by atoms with Crippen molar-refractivity contribution in [2.75, 3.05) is 80.2 Å². The molecular weight excluding hydrogens is 1390 g/mol. The van der Waals surface area contributed by atoms with Gasteiger partial charge in [0.2, 0.25) is 47.3 Å². The summed E-state index contributed by atoms with van der Waals surface area (Å²) in [5, 5.41) is 16.5. The van der Waals surface area contributed by atoms with Gasteiger partial charge >= 0.3 is 12.1 Å². The third-order valence-corrected chi connectivity index (χ3v) is 23.1. The van der Waals surface area contributed by atoms with Gasteiger partial charge in [-0.2, -0.15) is 0 Å². The highest BCUT2D eigenvalue weighted by Crippen LogP contribution is 2.52. The topological polar surface area (TPSA) is 353 Å². The fourth-order valence-electron chi connectivity index (χ4n) is 14.9. The Labute approximate surface area is 638 Å². The van der Waals surface area contributed by atoms with E-state index in [1.165, 1.54) is 30.9 Å². The number of likely N-dealkylation sites (tertiary alicyclic amines) is 2. The molecule has 107 heavy (non-hydrogen) atoms. The van der Waals surface area contributed by atoms with Crippen LogP contribution in [0.1, 0.15) is 189 Å². The maximum absolute atomic E-state index is 14.7. The predicted molar refractivity (Wildman–Crippen MR) is 411 cm³/mol. The van der Waals surface area contributed by atoms with Gasteiger partial charge in [0.25, 0.3) is 0 Å². The zero-order chi connectivity index (χ0) is 79.6. The first-order chi connectivity index (χ1) is 50.6. The Balaban J connectivity index is 1.17. The number of nitrogens with zero attached hydrogens (tertiary/aromatic N) is 4. The van der Waals surface area contributed by atoms with Crippen LogP contribution in [-0.4, -0.2) is 213 Å². The van der Waals surface area contributed by atoms with E-state index in [9.17, 15) is 57.5 Å². The van der Waals surface area contributed by atoms with Gasteiger partial charge in [-0.25, -0.2) is 9.59 Å². The van der Waals surface area contributed by atoms with Crippen LogP contribution in [0.5, 0.6) is 5.75 Å². The van der Waals surface area contributed by atoms with Gasteiger partial charge in [0.1, 0.15) is 12.4 Å². The van der Waals surface area contributed by atoms with E-state index in [-0.39, 0.29) is 146 Å². The number of nitrogens with one attached hydrogen (secondary N) is 6. The normalized spacial score (nSPS) is 18.6. The van der Waals surface area contributed by atoms with E-state index in [2.05, 4.69) is 31.9 Å². The van der Waals surface area contributed by atoms with Crippen molar-refractivity contribution in [3.63, 3.8) is 0 Å². The monoisotopic (exact) mass is 1520 g/mol. The van der Waals surface area contributed by atoms with Crippen LogP contribution >= 0.6 is 11.8 Å². The summed E-state index contributed by atoms with van der Waals surface area (Å²) in [6.45, 7) is 19.7. The number of primary amides is 1. The molecule has 5 rings (SSSR count). The van der Waals surface area contributed by atoms with E-state index in [1.807, 2.05) is 60.5 Å². The van der Waals surface area contributed by atoms with E-state index >= 15 is 0 Å². The minimum atomic E-state index is -0.912. The van der Waals surface area contributed by atoms with Crippen LogP contribution in [0, 0.1) is 46.8 Å². The number of amides is 11. The fraction of sp³-hybridized carbons (Fsp3) is 0.696. The van der Waals surface area contributed by atoms with Gasteiger partial charge in [-0.1, -0.05) is 99.4 Å². The van der Waals surface area contributed by atoms with Gasteiger partial charge in [-0.05, 0) is 137 Å². The Kier molecular flexibility index (Phi) is 36.5. The second-order valence-corrected chi connectivity index (χ2v) is 32.0. The molecule has 2 unspecified atom stereocenters. The van der Waals surface area contributed by atoms with Crippen LogP contribution < -0.4 is 42.4 Å². The molecule has 3 aliphatic rings. The Morgan fingerprint density at radius 3 is 1.99 bits per heavy atom. The SMILES string of the molecule is CC[C@H](C)[C@@H]([C@@H](CC(=O)N1CCC[C@H]1[C@H](OC)[C@@H](C)C(=O)N[C@H](C)C(NC(=O)OCc1ccc(NC(=O)[C@H](CCCNC(N)=O)CC(=O)[C@@H](NC(=O)CCCCCN2C(=O)CC(SCC3(CC(=O)NC)CC3)C2=O)C(C)C)cc1)c1ccc(OC)cc1)OC)N(C)C(=O)[C@@H](CC(=O)[C@H](C(C)C)N(C)C)C(C)C. The molecule has 2 saturated heterocycles. The number of ketones is 2. The van der Waals surface area contributed by atoms with Crippen LogP contribution in [0.15, 0.2) is 48.5 Å². The van der Waals surface area contributed by atoms with Crippen LogP contribution in [-0.2, 0) is 68.8 Å². The number of anilines is 1. The van der Waals surface area contributed by atoms with Crippen molar-refractivity contribution in [2.24, 2.45) is 52.6 Å².